The lowest BCUT2D eigenvalue weighted by Gasteiger charge is -2.11. The summed E-state index contributed by atoms with van der Waals surface area (Å²) in [6, 6.07) is 10.2. The molecule has 1 atom stereocenters. The van der Waals surface area contributed by atoms with E-state index in [0.717, 1.165) is 18.1 Å². The number of aromatic nitrogens is 3. The largest absolute Gasteiger partial charge is 0.321 e. The predicted octanol–water partition coefficient (Wildman–Crippen LogP) is 2.09. The number of rotatable bonds is 5. The average molecular weight is 248 g/mol. The lowest BCUT2D eigenvalue weighted by atomic mass is 10.3. The Morgan fingerprint density at radius 1 is 1.35 bits per heavy atom. The first-order valence-electron chi connectivity index (χ1n) is 5.62. The Bertz CT molecular complexity index is 455. The second-order valence-electron chi connectivity index (χ2n) is 3.66. The van der Waals surface area contributed by atoms with Gasteiger partial charge in [0.05, 0.1) is 6.04 Å². The first kappa shape index (κ1) is 12.1. The molecule has 4 nitrogen and oxygen atoms in total. The lowest BCUT2D eigenvalue weighted by molar-refractivity contribution is 0.583. The third-order valence-electron chi connectivity index (χ3n) is 2.45. The molecular weight excluding hydrogens is 232 g/mol. The topological polar surface area (TPSA) is 56.7 Å². The minimum absolute atomic E-state index is 0.0809. The third kappa shape index (κ3) is 3.08. The highest BCUT2D eigenvalue weighted by Crippen LogP contribution is 2.21. The fourth-order valence-electron chi connectivity index (χ4n) is 1.58. The molecule has 0 bridgehead atoms. The molecule has 0 saturated carbocycles. The number of thioether (sulfide) groups is 1. The van der Waals surface area contributed by atoms with Crippen LogP contribution in [-0.4, -0.2) is 20.5 Å². The SMILES string of the molecule is CCn1ncnc1C(N)CSc1ccccc1. The minimum atomic E-state index is -0.0809. The zero-order valence-electron chi connectivity index (χ0n) is 9.78. The van der Waals surface area contributed by atoms with E-state index in [0.29, 0.717) is 0 Å². The molecule has 2 aromatic rings. The van der Waals surface area contributed by atoms with Gasteiger partial charge in [-0.25, -0.2) is 9.67 Å². The van der Waals surface area contributed by atoms with E-state index < -0.39 is 0 Å². The molecule has 1 aromatic carbocycles. The molecule has 5 heteroatoms. The van der Waals surface area contributed by atoms with Gasteiger partial charge >= 0.3 is 0 Å². The van der Waals surface area contributed by atoms with E-state index in [9.17, 15) is 0 Å². The number of hydrogen-bond acceptors (Lipinski definition) is 4. The normalized spacial score (nSPS) is 12.6. The first-order chi connectivity index (χ1) is 8.31. The quantitative estimate of drug-likeness (QED) is 0.823. The molecule has 0 amide bonds. The Morgan fingerprint density at radius 2 is 2.12 bits per heavy atom. The Morgan fingerprint density at radius 3 is 2.82 bits per heavy atom. The molecule has 0 aliphatic carbocycles. The second-order valence-corrected chi connectivity index (χ2v) is 4.76. The molecule has 90 valence electrons. The third-order valence-corrected chi connectivity index (χ3v) is 3.58. The van der Waals surface area contributed by atoms with Crippen LogP contribution in [-0.2, 0) is 6.54 Å². The van der Waals surface area contributed by atoms with Crippen LogP contribution >= 0.6 is 11.8 Å². The Kier molecular flexibility index (Phi) is 4.17. The van der Waals surface area contributed by atoms with Crippen LogP contribution in [0.25, 0.3) is 0 Å². The van der Waals surface area contributed by atoms with E-state index in [1.54, 1.807) is 18.1 Å². The Balaban J connectivity index is 1.96. The highest BCUT2D eigenvalue weighted by molar-refractivity contribution is 7.99. The summed E-state index contributed by atoms with van der Waals surface area (Å²) < 4.78 is 1.84. The molecule has 1 heterocycles. The minimum Gasteiger partial charge on any atom is -0.321 e. The molecule has 0 saturated heterocycles. The van der Waals surface area contributed by atoms with Gasteiger partial charge in [0.25, 0.3) is 0 Å². The van der Waals surface area contributed by atoms with Gasteiger partial charge in [-0.1, -0.05) is 18.2 Å². The van der Waals surface area contributed by atoms with Gasteiger partial charge in [-0.15, -0.1) is 11.8 Å². The van der Waals surface area contributed by atoms with E-state index in [2.05, 4.69) is 22.2 Å². The molecule has 0 spiro atoms. The summed E-state index contributed by atoms with van der Waals surface area (Å²) in [5.41, 5.74) is 6.12. The van der Waals surface area contributed by atoms with Crippen molar-refractivity contribution in [2.24, 2.45) is 5.73 Å². The van der Waals surface area contributed by atoms with Crippen molar-refractivity contribution in [3.05, 3.63) is 42.5 Å². The van der Waals surface area contributed by atoms with Gasteiger partial charge in [0.1, 0.15) is 12.2 Å². The van der Waals surface area contributed by atoms with Crippen molar-refractivity contribution in [1.29, 1.82) is 0 Å². The van der Waals surface area contributed by atoms with Crippen LogP contribution in [0, 0.1) is 0 Å². The van der Waals surface area contributed by atoms with Crippen molar-refractivity contribution in [2.75, 3.05) is 5.75 Å². The maximum atomic E-state index is 6.12. The summed E-state index contributed by atoms with van der Waals surface area (Å²) in [5.74, 6) is 1.67. The fraction of sp³-hybridized carbons (Fsp3) is 0.333. The highest BCUT2D eigenvalue weighted by Gasteiger charge is 2.12. The van der Waals surface area contributed by atoms with Gasteiger partial charge in [-0.3, -0.25) is 0 Å². The molecule has 2 rings (SSSR count). The smallest absolute Gasteiger partial charge is 0.144 e. The van der Waals surface area contributed by atoms with Crippen LogP contribution in [0.1, 0.15) is 18.8 Å². The van der Waals surface area contributed by atoms with Crippen molar-refractivity contribution < 1.29 is 0 Å². The van der Waals surface area contributed by atoms with Crippen LogP contribution in [0.5, 0.6) is 0 Å². The summed E-state index contributed by atoms with van der Waals surface area (Å²) in [7, 11) is 0. The van der Waals surface area contributed by atoms with E-state index in [4.69, 9.17) is 5.73 Å². The number of hydrogen-bond donors (Lipinski definition) is 1. The van der Waals surface area contributed by atoms with Crippen molar-refractivity contribution in [3.8, 4) is 0 Å². The van der Waals surface area contributed by atoms with Crippen molar-refractivity contribution in [1.82, 2.24) is 14.8 Å². The molecule has 0 radical (unpaired) electrons. The van der Waals surface area contributed by atoms with Crippen molar-refractivity contribution >= 4 is 11.8 Å². The molecule has 1 unspecified atom stereocenters. The molecule has 0 aliphatic heterocycles. The number of benzene rings is 1. The second kappa shape index (κ2) is 5.84. The zero-order chi connectivity index (χ0) is 12.1. The zero-order valence-corrected chi connectivity index (χ0v) is 10.6. The molecule has 0 aliphatic rings. The molecule has 0 fully saturated rings. The van der Waals surface area contributed by atoms with Crippen LogP contribution in [0.2, 0.25) is 0 Å². The highest BCUT2D eigenvalue weighted by atomic mass is 32.2. The van der Waals surface area contributed by atoms with Crippen molar-refractivity contribution in [3.63, 3.8) is 0 Å². The van der Waals surface area contributed by atoms with Gasteiger partial charge in [0.15, 0.2) is 0 Å². The lowest BCUT2D eigenvalue weighted by Crippen LogP contribution is -2.19. The Hall–Kier alpha value is -1.33. The van der Waals surface area contributed by atoms with Crippen molar-refractivity contribution in [2.45, 2.75) is 24.4 Å². The maximum Gasteiger partial charge on any atom is 0.144 e. The van der Waals surface area contributed by atoms with Gasteiger partial charge in [-0.05, 0) is 19.1 Å². The van der Waals surface area contributed by atoms with E-state index in [1.165, 1.54) is 4.90 Å². The van der Waals surface area contributed by atoms with E-state index >= 15 is 0 Å². The van der Waals surface area contributed by atoms with E-state index in [-0.39, 0.29) is 6.04 Å². The standard InChI is InChI=1S/C12H16N4S/c1-2-16-12(14-9-15-16)11(13)8-17-10-6-4-3-5-7-10/h3-7,9,11H,2,8,13H2,1H3. The molecule has 2 N–H and O–H groups in total. The Labute approximate surface area is 105 Å². The van der Waals surface area contributed by atoms with Crippen LogP contribution in [0.15, 0.2) is 41.6 Å². The van der Waals surface area contributed by atoms with Gasteiger partial charge in [0.2, 0.25) is 0 Å². The monoisotopic (exact) mass is 248 g/mol. The number of nitrogens with two attached hydrogens (primary N) is 1. The van der Waals surface area contributed by atoms with Gasteiger partial charge in [0, 0.05) is 17.2 Å². The average Bonchev–Trinajstić information content (AvgIpc) is 2.85. The van der Waals surface area contributed by atoms with Crippen LogP contribution in [0.3, 0.4) is 0 Å². The summed E-state index contributed by atoms with van der Waals surface area (Å²) in [6.07, 6.45) is 1.56. The summed E-state index contributed by atoms with van der Waals surface area (Å²) in [5, 5.41) is 4.13. The van der Waals surface area contributed by atoms with E-state index in [1.807, 2.05) is 29.8 Å². The molecular formula is C12H16N4S. The number of nitrogens with zero attached hydrogens (tertiary/aromatic N) is 3. The van der Waals surface area contributed by atoms with Gasteiger partial charge in [-0.2, -0.15) is 5.10 Å². The maximum absolute atomic E-state index is 6.12. The first-order valence-corrected chi connectivity index (χ1v) is 6.61. The fourth-order valence-corrected chi connectivity index (χ4v) is 2.45. The summed E-state index contributed by atoms with van der Waals surface area (Å²) >= 11 is 1.74. The van der Waals surface area contributed by atoms with Crippen LogP contribution < -0.4 is 5.73 Å². The molecule has 17 heavy (non-hydrogen) atoms. The predicted molar refractivity (Wildman–Crippen MR) is 69.8 cm³/mol. The van der Waals surface area contributed by atoms with Gasteiger partial charge < -0.3 is 5.73 Å². The number of aryl methyl sites for hydroxylation is 1. The summed E-state index contributed by atoms with van der Waals surface area (Å²) in [4.78, 5) is 5.44. The van der Waals surface area contributed by atoms with Crippen LogP contribution in [0.4, 0.5) is 0 Å². The summed E-state index contributed by atoms with van der Waals surface area (Å²) in [6.45, 7) is 2.84. The molecule has 1 aromatic heterocycles.